The summed E-state index contributed by atoms with van der Waals surface area (Å²) in [6.07, 6.45) is 6.15. The predicted molar refractivity (Wildman–Crippen MR) is 77.6 cm³/mol. The van der Waals surface area contributed by atoms with Gasteiger partial charge in [-0.1, -0.05) is 19.3 Å². The summed E-state index contributed by atoms with van der Waals surface area (Å²) in [5.41, 5.74) is 0.378. The van der Waals surface area contributed by atoms with E-state index in [-0.39, 0.29) is 11.9 Å². The van der Waals surface area contributed by atoms with Crippen LogP contribution in [0.4, 0.5) is 4.39 Å². The number of hydrogen-bond acceptors (Lipinski definition) is 1. The molecular weight excluding hydrogens is 309 g/mol. The molecule has 1 unspecified atom stereocenters. The van der Waals surface area contributed by atoms with Gasteiger partial charge < -0.3 is 5.32 Å². The fraction of sp³-hybridized carbons (Fsp3) is 0.533. The smallest absolute Gasteiger partial charge is 0.251 e. The number of rotatable bonds is 3. The SMILES string of the molecule is CC(NC(=O)c1ccc(Br)c(F)c1)C1CCCCC1. The molecule has 1 fully saturated rings. The van der Waals surface area contributed by atoms with Crippen LogP contribution in [0.25, 0.3) is 0 Å². The van der Waals surface area contributed by atoms with Crippen LogP contribution < -0.4 is 5.32 Å². The highest BCUT2D eigenvalue weighted by molar-refractivity contribution is 9.10. The third-order valence-electron chi connectivity index (χ3n) is 3.90. The molecule has 1 amide bonds. The van der Waals surface area contributed by atoms with Crippen LogP contribution in [-0.2, 0) is 0 Å². The second-order valence-corrected chi connectivity index (χ2v) is 6.14. The number of halogens is 2. The number of benzene rings is 1. The van der Waals surface area contributed by atoms with Crippen LogP contribution in [0.15, 0.2) is 22.7 Å². The number of nitrogens with one attached hydrogen (secondary N) is 1. The minimum atomic E-state index is -0.405. The van der Waals surface area contributed by atoms with E-state index in [1.165, 1.54) is 38.2 Å². The van der Waals surface area contributed by atoms with Crippen molar-refractivity contribution >= 4 is 21.8 Å². The summed E-state index contributed by atoms with van der Waals surface area (Å²) in [6.45, 7) is 2.04. The maximum absolute atomic E-state index is 13.4. The highest BCUT2D eigenvalue weighted by atomic mass is 79.9. The monoisotopic (exact) mass is 327 g/mol. The fourth-order valence-electron chi connectivity index (χ4n) is 2.68. The summed E-state index contributed by atoms with van der Waals surface area (Å²) in [6, 6.07) is 4.62. The lowest BCUT2D eigenvalue weighted by atomic mass is 9.84. The zero-order valence-corrected chi connectivity index (χ0v) is 12.7. The summed E-state index contributed by atoms with van der Waals surface area (Å²) < 4.78 is 13.8. The van der Waals surface area contributed by atoms with Gasteiger partial charge in [0.05, 0.1) is 4.47 Å². The summed E-state index contributed by atoms with van der Waals surface area (Å²) in [4.78, 5) is 12.1. The van der Waals surface area contributed by atoms with Gasteiger partial charge in [0.25, 0.3) is 5.91 Å². The van der Waals surface area contributed by atoms with Gasteiger partial charge in [-0.2, -0.15) is 0 Å². The minimum Gasteiger partial charge on any atom is -0.349 e. The lowest BCUT2D eigenvalue weighted by Gasteiger charge is -2.28. The molecule has 0 radical (unpaired) electrons. The normalized spacial score (nSPS) is 18.1. The molecule has 1 aliphatic rings. The quantitative estimate of drug-likeness (QED) is 0.881. The topological polar surface area (TPSA) is 29.1 Å². The predicted octanol–water partition coefficient (Wildman–Crippen LogP) is 4.29. The van der Waals surface area contributed by atoms with Crippen molar-refractivity contribution in [3.8, 4) is 0 Å². The largest absolute Gasteiger partial charge is 0.349 e. The van der Waals surface area contributed by atoms with Gasteiger partial charge in [0.1, 0.15) is 5.82 Å². The van der Waals surface area contributed by atoms with Crippen molar-refractivity contribution < 1.29 is 9.18 Å². The molecular formula is C15H19BrFNO. The Morgan fingerprint density at radius 1 is 1.37 bits per heavy atom. The highest BCUT2D eigenvalue weighted by Gasteiger charge is 2.22. The van der Waals surface area contributed by atoms with Crippen LogP contribution in [0.5, 0.6) is 0 Å². The Labute approximate surface area is 121 Å². The van der Waals surface area contributed by atoms with Crippen LogP contribution >= 0.6 is 15.9 Å². The molecule has 2 rings (SSSR count). The summed E-state index contributed by atoms with van der Waals surface area (Å²) in [5.74, 6) is -0.0413. The molecule has 1 atom stereocenters. The van der Waals surface area contributed by atoms with Crippen molar-refractivity contribution in [3.05, 3.63) is 34.1 Å². The Kier molecular flexibility index (Phi) is 4.97. The second-order valence-electron chi connectivity index (χ2n) is 5.29. The van der Waals surface area contributed by atoms with Gasteiger partial charge in [0.15, 0.2) is 0 Å². The molecule has 1 aromatic rings. The van der Waals surface area contributed by atoms with Crippen molar-refractivity contribution in [1.29, 1.82) is 0 Å². The lowest BCUT2D eigenvalue weighted by molar-refractivity contribution is 0.0919. The zero-order valence-electron chi connectivity index (χ0n) is 11.1. The van der Waals surface area contributed by atoms with E-state index in [0.717, 1.165) is 0 Å². The molecule has 2 nitrogen and oxygen atoms in total. The molecule has 0 heterocycles. The average molecular weight is 328 g/mol. The van der Waals surface area contributed by atoms with Gasteiger partial charge in [-0.05, 0) is 59.8 Å². The van der Waals surface area contributed by atoms with Gasteiger partial charge >= 0.3 is 0 Å². The van der Waals surface area contributed by atoms with E-state index in [1.54, 1.807) is 12.1 Å². The number of amides is 1. The number of hydrogen-bond donors (Lipinski definition) is 1. The first-order chi connectivity index (χ1) is 9.08. The maximum atomic E-state index is 13.4. The van der Waals surface area contributed by atoms with Gasteiger partial charge in [0.2, 0.25) is 0 Å². The van der Waals surface area contributed by atoms with Crippen molar-refractivity contribution in [2.45, 2.75) is 45.1 Å². The fourth-order valence-corrected chi connectivity index (χ4v) is 2.93. The van der Waals surface area contributed by atoms with Crippen LogP contribution in [0.3, 0.4) is 0 Å². The first-order valence-electron chi connectivity index (χ1n) is 6.84. The van der Waals surface area contributed by atoms with E-state index in [2.05, 4.69) is 21.2 Å². The zero-order chi connectivity index (χ0) is 13.8. The first-order valence-corrected chi connectivity index (χ1v) is 7.63. The van der Waals surface area contributed by atoms with Crippen molar-refractivity contribution in [2.75, 3.05) is 0 Å². The van der Waals surface area contributed by atoms with Gasteiger partial charge in [0, 0.05) is 11.6 Å². The molecule has 0 aliphatic heterocycles. The lowest BCUT2D eigenvalue weighted by Crippen LogP contribution is -2.38. The molecule has 1 aromatic carbocycles. The molecule has 0 bridgehead atoms. The summed E-state index contributed by atoms with van der Waals surface area (Å²) >= 11 is 3.09. The molecule has 0 aromatic heterocycles. The van der Waals surface area contributed by atoms with E-state index in [4.69, 9.17) is 0 Å². The third kappa shape index (κ3) is 3.78. The van der Waals surface area contributed by atoms with Crippen LogP contribution in [0.1, 0.15) is 49.4 Å². The number of carbonyl (C=O) groups excluding carboxylic acids is 1. The van der Waals surface area contributed by atoms with E-state index < -0.39 is 5.82 Å². The van der Waals surface area contributed by atoms with Gasteiger partial charge in [-0.3, -0.25) is 4.79 Å². The molecule has 104 valence electrons. The Bertz CT molecular complexity index is 457. The molecule has 1 saturated carbocycles. The van der Waals surface area contributed by atoms with Crippen molar-refractivity contribution in [1.82, 2.24) is 5.32 Å². The van der Waals surface area contributed by atoms with E-state index in [9.17, 15) is 9.18 Å². The van der Waals surface area contributed by atoms with Crippen molar-refractivity contribution in [3.63, 3.8) is 0 Å². The first kappa shape index (κ1) is 14.5. The Morgan fingerprint density at radius 3 is 2.68 bits per heavy atom. The third-order valence-corrected chi connectivity index (χ3v) is 4.54. The molecule has 19 heavy (non-hydrogen) atoms. The van der Waals surface area contributed by atoms with Gasteiger partial charge in [-0.15, -0.1) is 0 Å². The molecule has 1 N–H and O–H groups in total. The van der Waals surface area contributed by atoms with Crippen LogP contribution in [0.2, 0.25) is 0 Å². The highest BCUT2D eigenvalue weighted by Crippen LogP contribution is 2.26. The van der Waals surface area contributed by atoms with Crippen molar-refractivity contribution in [2.24, 2.45) is 5.92 Å². The second kappa shape index (κ2) is 6.51. The maximum Gasteiger partial charge on any atom is 0.251 e. The summed E-state index contributed by atoms with van der Waals surface area (Å²) in [7, 11) is 0. The van der Waals surface area contributed by atoms with Gasteiger partial charge in [-0.25, -0.2) is 4.39 Å². The molecule has 0 spiro atoms. The Balaban J connectivity index is 1.97. The minimum absolute atomic E-state index is 0.152. The summed E-state index contributed by atoms with van der Waals surface area (Å²) in [5, 5.41) is 2.99. The number of carbonyl (C=O) groups is 1. The van der Waals surface area contributed by atoms with E-state index >= 15 is 0 Å². The van der Waals surface area contributed by atoms with E-state index in [0.29, 0.717) is 16.0 Å². The van der Waals surface area contributed by atoms with E-state index in [1.807, 2.05) is 6.92 Å². The Hall–Kier alpha value is -0.900. The molecule has 1 aliphatic carbocycles. The van der Waals surface area contributed by atoms with Crippen LogP contribution in [-0.4, -0.2) is 11.9 Å². The van der Waals surface area contributed by atoms with Crippen LogP contribution in [0, 0.1) is 11.7 Å². The average Bonchev–Trinajstić information content (AvgIpc) is 2.42. The molecule has 4 heteroatoms. The Morgan fingerprint density at radius 2 is 2.05 bits per heavy atom. The standard InChI is InChI=1S/C15H19BrFNO/c1-10(11-5-3-2-4-6-11)18-15(19)12-7-8-13(16)14(17)9-12/h7-11H,2-6H2,1H3,(H,18,19). The molecule has 0 saturated heterocycles.